The lowest BCUT2D eigenvalue weighted by molar-refractivity contribution is -0.0231. The van der Waals surface area contributed by atoms with Gasteiger partial charge in [-0.05, 0) is 43.5 Å². The van der Waals surface area contributed by atoms with Gasteiger partial charge in [-0.1, -0.05) is 24.3 Å². The molecule has 1 aromatic heterocycles. The molecule has 0 spiro atoms. The van der Waals surface area contributed by atoms with E-state index in [1.54, 1.807) is 26.3 Å². The van der Waals surface area contributed by atoms with Gasteiger partial charge in [0.05, 0.1) is 34.2 Å². The molecule has 1 aliphatic heterocycles. The van der Waals surface area contributed by atoms with Gasteiger partial charge < -0.3 is 10.1 Å². The second-order valence-electron chi connectivity index (χ2n) is 8.36. The Morgan fingerprint density at radius 3 is 2.45 bits per heavy atom. The largest absolute Gasteiger partial charge is 0.378 e. The average Bonchev–Trinajstić information content (AvgIpc) is 2.79. The first-order valence-corrected chi connectivity index (χ1v) is 12.5. The minimum atomic E-state index is -3.08. The number of nitrogens with zero attached hydrogens (tertiary/aromatic N) is 1. The number of ether oxygens (including phenoxy) is 1. The second kappa shape index (κ2) is 8.95. The van der Waals surface area contributed by atoms with Crippen LogP contribution in [0, 0.1) is 5.82 Å². The van der Waals surface area contributed by atoms with Gasteiger partial charge in [0.1, 0.15) is 5.82 Å². The van der Waals surface area contributed by atoms with E-state index < -0.39 is 39.3 Å². The zero-order valence-electron chi connectivity index (χ0n) is 18.3. The van der Waals surface area contributed by atoms with E-state index in [2.05, 4.69) is 10.3 Å². The number of rotatable bonds is 6. The molecule has 1 atom stereocenters. The summed E-state index contributed by atoms with van der Waals surface area (Å²) in [4.78, 5) is 4.38. The van der Waals surface area contributed by atoms with Crippen LogP contribution >= 0.6 is 0 Å². The molecule has 1 fully saturated rings. The topological polar surface area (TPSA) is 68.3 Å². The number of halogens is 3. The maximum atomic E-state index is 14.7. The Labute approximate surface area is 190 Å². The maximum absolute atomic E-state index is 14.7. The van der Waals surface area contributed by atoms with E-state index in [-0.39, 0.29) is 17.1 Å². The van der Waals surface area contributed by atoms with Crippen molar-refractivity contribution in [1.82, 2.24) is 4.98 Å². The summed E-state index contributed by atoms with van der Waals surface area (Å²) in [7, 11) is -1.50. The number of alkyl halides is 2. The third kappa shape index (κ3) is 4.56. The number of methoxy groups -OCH3 is 1. The molecule has 2 heterocycles. The molecule has 176 valence electrons. The number of fused-ring (bicyclic) bond motifs is 1. The molecule has 9 heteroatoms. The molecular formula is C24H25F3N2O3S. The second-order valence-corrected chi connectivity index (χ2v) is 10.7. The van der Waals surface area contributed by atoms with Gasteiger partial charge in [0, 0.05) is 29.9 Å². The van der Waals surface area contributed by atoms with Crippen molar-refractivity contribution in [2.45, 2.75) is 37.8 Å². The molecule has 4 rings (SSSR count). The molecule has 0 saturated carbocycles. The Hall–Kier alpha value is -2.65. The number of nitrogens with one attached hydrogen (secondary N) is 1. The van der Waals surface area contributed by atoms with Crippen LogP contribution in [-0.4, -0.2) is 32.0 Å². The molecule has 3 aromatic rings. The summed E-state index contributed by atoms with van der Waals surface area (Å²) in [6, 6.07) is 10.8. The normalized spacial score (nSPS) is 18.4. The number of sulfone groups is 1. The van der Waals surface area contributed by atoms with Crippen molar-refractivity contribution in [3.05, 3.63) is 71.2 Å². The van der Waals surface area contributed by atoms with Crippen molar-refractivity contribution in [2.75, 3.05) is 23.9 Å². The monoisotopic (exact) mass is 478 g/mol. The number of hydrogen-bond acceptors (Lipinski definition) is 5. The van der Waals surface area contributed by atoms with Crippen LogP contribution in [0.25, 0.3) is 10.9 Å². The van der Waals surface area contributed by atoms with Crippen LogP contribution in [0.5, 0.6) is 0 Å². The predicted octanol–water partition coefficient (Wildman–Crippen LogP) is 5.53. The van der Waals surface area contributed by atoms with Crippen LogP contribution < -0.4 is 5.32 Å². The zero-order valence-corrected chi connectivity index (χ0v) is 19.1. The summed E-state index contributed by atoms with van der Waals surface area (Å²) < 4.78 is 70.6. The Morgan fingerprint density at radius 2 is 1.79 bits per heavy atom. The summed E-state index contributed by atoms with van der Waals surface area (Å²) >= 11 is 0. The first-order valence-electron chi connectivity index (χ1n) is 10.6. The highest BCUT2D eigenvalue weighted by Crippen LogP contribution is 2.39. The van der Waals surface area contributed by atoms with E-state index in [9.17, 15) is 21.6 Å². The van der Waals surface area contributed by atoms with Crippen LogP contribution in [0.3, 0.4) is 0 Å². The first-order chi connectivity index (χ1) is 15.7. The fraction of sp³-hybridized carbons (Fsp3) is 0.375. The Morgan fingerprint density at radius 1 is 1.09 bits per heavy atom. The van der Waals surface area contributed by atoms with Gasteiger partial charge >= 0.3 is 0 Å². The lowest BCUT2D eigenvalue weighted by Crippen LogP contribution is -2.38. The highest BCUT2D eigenvalue weighted by Gasteiger charge is 2.39. The van der Waals surface area contributed by atoms with E-state index in [1.807, 2.05) is 18.2 Å². The van der Waals surface area contributed by atoms with Crippen molar-refractivity contribution in [2.24, 2.45) is 0 Å². The van der Waals surface area contributed by atoms with E-state index in [1.165, 1.54) is 12.1 Å². The molecule has 0 amide bonds. The summed E-state index contributed by atoms with van der Waals surface area (Å²) in [5.74, 6) is -0.824. The summed E-state index contributed by atoms with van der Waals surface area (Å²) in [5.41, 5.74) is 0.966. The number of benzene rings is 2. The van der Waals surface area contributed by atoms with Crippen LogP contribution in [0.15, 0.2) is 48.7 Å². The van der Waals surface area contributed by atoms with Gasteiger partial charge in [-0.2, -0.15) is 0 Å². The van der Waals surface area contributed by atoms with Crippen LogP contribution in [0.2, 0.25) is 0 Å². The third-order valence-corrected chi connectivity index (χ3v) is 8.08. The molecule has 0 bridgehead atoms. The molecule has 1 N–H and O–H groups in total. The van der Waals surface area contributed by atoms with Crippen molar-refractivity contribution < 1.29 is 26.3 Å². The number of anilines is 1. The zero-order chi connectivity index (χ0) is 23.8. The molecule has 5 nitrogen and oxygen atoms in total. The predicted molar refractivity (Wildman–Crippen MR) is 122 cm³/mol. The number of aromatic nitrogens is 1. The highest BCUT2D eigenvalue weighted by molar-refractivity contribution is 7.91. The van der Waals surface area contributed by atoms with Crippen molar-refractivity contribution >= 4 is 26.4 Å². The first kappa shape index (κ1) is 23.5. The Balaban J connectivity index is 1.70. The molecule has 1 aliphatic rings. The number of pyridine rings is 1. The SMILES string of the molecule is COC1(c2ccc3nccc(N[C@H](C)c4cccc(C(F)F)c4F)c3c2)CCS(=O)(=O)CC1. The van der Waals surface area contributed by atoms with Gasteiger partial charge in [0.2, 0.25) is 0 Å². The molecule has 0 aliphatic carbocycles. The van der Waals surface area contributed by atoms with Gasteiger partial charge in [-0.3, -0.25) is 4.98 Å². The molecule has 0 unspecified atom stereocenters. The quantitative estimate of drug-likeness (QED) is 0.504. The lowest BCUT2D eigenvalue weighted by Gasteiger charge is -2.36. The molecular weight excluding hydrogens is 453 g/mol. The summed E-state index contributed by atoms with van der Waals surface area (Å²) in [6.07, 6.45) is -0.585. The molecule has 1 saturated heterocycles. The minimum Gasteiger partial charge on any atom is -0.378 e. The molecule has 0 radical (unpaired) electrons. The van der Waals surface area contributed by atoms with Gasteiger partial charge in [-0.15, -0.1) is 0 Å². The average molecular weight is 479 g/mol. The highest BCUT2D eigenvalue weighted by atomic mass is 32.2. The summed E-state index contributed by atoms with van der Waals surface area (Å²) in [5, 5.41) is 3.97. The smallest absolute Gasteiger partial charge is 0.266 e. The number of hydrogen-bond donors (Lipinski definition) is 1. The maximum Gasteiger partial charge on any atom is 0.266 e. The van der Waals surface area contributed by atoms with Crippen molar-refractivity contribution in [3.63, 3.8) is 0 Å². The van der Waals surface area contributed by atoms with E-state index in [0.29, 0.717) is 24.0 Å². The Kier molecular flexibility index (Phi) is 6.37. The van der Waals surface area contributed by atoms with E-state index >= 15 is 0 Å². The molecule has 2 aromatic carbocycles. The molecule has 33 heavy (non-hydrogen) atoms. The fourth-order valence-corrected chi connectivity index (χ4v) is 5.90. The van der Waals surface area contributed by atoms with Gasteiger partial charge in [-0.25, -0.2) is 21.6 Å². The third-order valence-electron chi connectivity index (χ3n) is 6.42. The van der Waals surface area contributed by atoms with E-state index in [4.69, 9.17) is 4.74 Å². The van der Waals surface area contributed by atoms with Crippen molar-refractivity contribution in [3.8, 4) is 0 Å². The van der Waals surface area contributed by atoms with Gasteiger partial charge in [0.15, 0.2) is 9.84 Å². The van der Waals surface area contributed by atoms with Crippen molar-refractivity contribution in [1.29, 1.82) is 0 Å². The van der Waals surface area contributed by atoms with Gasteiger partial charge in [0.25, 0.3) is 6.43 Å². The van der Waals surface area contributed by atoms with Crippen LogP contribution in [-0.2, 0) is 20.2 Å². The van der Waals surface area contributed by atoms with Crippen LogP contribution in [0.1, 0.15) is 48.9 Å². The Bertz CT molecular complexity index is 1270. The fourth-order valence-electron chi connectivity index (χ4n) is 4.42. The summed E-state index contributed by atoms with van der Waals surface area (Å²) in [6.45, 7) is 1.70. The standard InChI is InChI=1S/C24H25F3N2O3S/c1-15(17-4-3-5-18(22(17)25)23(26)27)29-21-8-11-28-20-7-6-16(14-19(20)21)24(32-2)9-12-33(30,31)13-10-24/h3-8,11,14-15,23H,9-10,12-13H2,1-2H3,(H,28,29)/t15-/m1/s1. The van der Waals surface area contributed by atoms with E-state index in [0.717, 1.165) is 17.0 Å². The minimum absolute atomic E-state index is 0.0494. The lowest BCUT2D eigenvalue weighted by atomic mass is 9.87. The van der Waals surface area contributed by atoms with Crippen LogP contribution in [0.4, 0.5) is 18.9 Å².